The van der Waals surface area contributed by atoms with Crippen molar-refractivity contribution in [3.63, 3.8) is 0 Å². The first kappa shape index (κ1) is 13.5. The molecule has 0 heterocycles. The maximum absolute atomic E-state index is 11.1. The standard InChI is InChI=1S/C10H16O5/c1-3-5-10(14-4-2)15-9(13)7-6-8(11)12/h4,10H,2-3,5-7H2,1H3,(H,11,12). The van der Waals surface area contributed by atoms with Crippen LogP contribution in [0, 0.1) is 0 Å². The molecule has 86 valence electrons. The van der Waals surface area contributed by atoms with Gasteiger partial charge in [-0.1, -0.05) is 13.5 Å². The highest BCUT2D eigenvalue weighted by molar-refractivity contribution is 5.76. The summed E-state index contributed by atoms with van der Waals surface area (Å²) in [5, 5.41) is 8.35. The zero-order valence-corrected chi connectivity index (χ0v) is 8.77. The van der Waals surface area contributed by atoms with Gasteiger partial charge in [0.2, 0.25) is 6.29 Å². The molecule has 0 aliphatic rings. The molecule has 0 aliphatic heterocycles. The Hall–Kier alpha value is -1.52. The Labute approximate surface area is 88.7 Å². The molecular weight excluding hydrogens is 200 g/mol. The Bertz CT molecular complexity index is 224. The summed E-state index contributed by atoms with van der Waals surface area (Å²) in [5.74, 6) is -1.60. The van der Waals surface area contributed by atoms with Gasteiger partial charge in [-0.2, -0.15) is 0 Å². The summed E-state index contributed by atoms with van der Waals surface area (Å²) in [7, 11) is 0. The minimum Gasteiger partial charge on any atom is -0.481 e. The van der Waals surface area contributed by atoms with Crippen molar-refractivity contribution in [2.24, 2.45) is 0 Å². The van der Waals surface area contributed by atoms with Gasteiger partial charge in [0, 0.05) is 6.42 Å². The van der Waals surface area contributed by atoms with Gasteiger partial charge in [-0.25, -0.2) is 0 Å². The summed E-state index contributed by atoms with van der Waals surface area (Å²) < 4.78 is 9.82. The first-order chi connectivity index (χ1) is 7.10. The molecule has 15 heavy (non-hydrogen) atoms. The molecule has 0 aromatic rings. The van der Waals surface area contributed by atoms with E-state index in [0.29, 0.717) is 6.42 Å². The molecule has 0 radical (unpaired) electrons. The van der Waals surface area contributed by atoms with E-state index in [9.17, 15) is 9.59 Å². The van der Waals surface area contributed by atoms with Crippen LogP contribution >= 0.6 is 0 Å². The van der Waals surface area contributed by atoms with Crippen LogP contribution in [0.4, 0.5) is 0 Å². The van der Waals surface area contributed by atoms with Crippen molar-refractivity contribution in [2.45, 2.75) is 38.9 Å². The largest absolute Gasteiger partial charge is 0.481 e. The van der Waals surface area contributed by atoms with E-state index in [4.69, 9.17) is 14.6 Å². The van der Waals surface area contributed by atoms with Gasteiger partial charge in [0.05, 0.1) is 19.1 Å². The lowest BCUT2D eigenvalue weighted by Crippen LogP contribution is -2.19. The van der Waals surface area contributed by atoms with Gasteiger partial charge in [-0.15, -0.1) is 0 Å². The zero-order valence-electron chi connectivity index (χ0n) is 8.77. The van der Waals surface area contributed by atoms with Crippen LogP contribution in [0.3, 0.4) is 0 Å². The fourth-order valence-electron chi connectivity index (χ4n) is 0.912. The molecule has 0 aromatic heterocycles. The van der Waals surface area contributed by atoms with Gasteiger partial charge in [0.25, 0.3) is 0 Å². The van der Waals surface area contributed by atoms with Crippen LogP contribution in [-0.2, 0) is 19.1 Å². The van der Waals surface area contributed by atoms with Crippen LogP contribution < -0.4 is 0 Å². The van der Waals surface area contributed by atoms with E-state index in [1.807, 2.05) is 6.92 Å². The lowest BCUT2D eigenvalue weighted by Gasteiger charge is -2.15. The topological polar surface area (TPSA) is 72.8 Å². The number of aliphatic carboxylic acids is 1. The molecule has 5 nitrogen and oxygen atoms in total. The Kier molecular flexibility index (Phi) is 7.05. The molecule has 0 fully saturated rings. The van der Waals surface area contributed by atoms with E-state index in [2.05, 4.69) is 6.58 Å². The van der Waals surface area contributed by atoms with Gasteiger partial charge >= 0.3 is 11.9 Å². The number of hydrogen-bond donors (Lipinski definition) is 1. The fourth-order valence-corrected chi connectivity index (χ4v) is 0.912. The van der Waals surface area contributed by atoms with Crippen molar-refractivity contribution in [2.75, 3.05) is 0 Å². The minimum atomic E-state index is -1.02. The third-order valence-corrected chi connectivity index (χ3v) is 1.58. The molecule has 5 heteroatoms. The Morgan fingerprint density at radius 3 is 2.60 bits per heavy atom. The zero-order chi connectivity index (χ0) is 11.7. The Morgan fingerprint density at radius 1 is 1.47 bits per heavy atom. The Balaban J connectivity index is 3.87. The molecule has 0 spiro atoms. The van der Waals surface area contributed by atoms with E-state index >= 15 is 0 Å². The van der Waals surface area contributed by atoms with Crippen molar-refractivity contribution in [1.29, 1.82) is 0 Å². The van der Waals surface area contributed by atoms with Crippen LogP contribution in [0.15, 0.2) is 12.8 Å². The van der Waals surface area contributed by atoms with Crippen molar-refractivity contribution < 1.29 is 24.2 Å². The number of carboxylic acid groups (broad SMARTS) is 1. The summed E-state index contributed by atoms with van der Waals surface area (Å²) in [5.41, 5.74) is 0. The molecule has 0 aliphatic carbocycles. The average Bonchev–Trinajstić information content (AvgIpc) is 2.15. The maximum Gasteiger partial charge on any atom is 0.309 e. The molecule has 0 saturated carbocycles. The van der Waals surface area contributed by atoms with Crippen LogP contribution in [0.5, 0.6) is 0 Å². The molecule has 0 saturated heterocycles. The number of carbonyl (C=O) groups is 2. The van der Waals surface area contributed by atoms with Crippen molar-refractivity contribution in [1.82, 2.24) is 0 Å². The SMILES string of the molecule is C=COC(CCC)OC(=O)CCC(=O)O. The lowest BCUT2D eigenvalue weighted by atomic mass is 10.3. The highest BCUT2D eigenvalue weighted by atomic mass is 16.7. The number of esters is 1. The normalized spacial score (nSPS) is 11.5. The first-order valence-corrected chi connectivity index (χ1v) is 4.77. The number of carboxylic acids is 1. The summed E-state index contributed by atoms with van der Waals surface area (Å²) in [6.45, 7) is 5.28. The molecule has 0 rings (SSSR count). The molecule has 1 atom stereocenters. The lowest BCUT2D eigenvalue weighted by molar-refractivity contribution is -0.171. The van der Waals surface area contributed by atoms with Crippen LogP contribution in [-0.4, -0.2) is 23.3 Å². The number of hydrogen-bond acceptors (Lipinski definition) is 4. The van der Waals surface area contributed by atoms with Crippen LogP contribution in [0.25, 0.3) is 0 Å². The molecule has 1 unspecified atom stereocenters. The second-order valence-corrected chi connectivity index (χ2v) is 2.90. The molecule has 0 bridgehead atoms. The van der Waals surface area contributed by atoms with Gasteiger partial charge in [-0.3, -0.25) is 9.59 Å². The van der Waals surface area contributed by atoms with E-state index in [1.165, 1.54) is 6.26 Å². The predicted molar refractivity (Wildman–Crippen MR) is 52.9 cm³/mol. The maximum atomic E-state index is 11.1. The highest BCUT2D eigenvalue weighted by Gasteiger charge is 2.14. The quantitative estimate of drug-likeness (QED) is 0.379. The van der Waals surface area contributed by atoms with E-state index in [0.717, 1.165) is 6.42 Å². The van der Waals surface area contributed by atoms with Gasteiger partial charge < -0.3 is 14.6 Å². The van der Waals surface area contributed by atoms with Crippen LogP contribution in [0.1, 0.15) is 32.6 Å². The van der Waals surface area contributed by atoms with Crippen molar-refractivity contribution in [3.8, 4) is 0 Å². The van der Waals surface area contributed by atoms with Crippen molar-refractivity contribution >= 4 is 11.9 Å². The third-order valence-electron chi connectivity index (χ3n) is 1.58. The molecule has 0 amide bonds. The smallest absolute Gasteiger partial charge is 0.309 e. The first-order valence-electron chi connectivity index (χ1n) is 4.77. The number of carbonyl (C=O) groups excluding carboxylic acids is 1. The molecule has 0 aromatic carbocycles. The summed E-state index contributed by atoms with van der Waals surface area (Å²) in [6.07, 6.45) is 1.52. The monoisotopic (exact) mass is 216 g/mol. The average molecular weight is 216 g/mol. The summed E-state index contributed by atoms with van der Waals surface area (Å²) in [4.78, 5) is 21.3. The summed E-state index contributed by atoms with van der Waals surface area (Å²) >= 11 is 0. The minimum absolute atomic E-state index is 0.143. The predicted octanol–water partition coefficient (Wildman–Crippen LogP) is 1.68. The molecule has 1 N–H and O–H groups in total. The Morgan fingerprint density at radius 2 is 2.13 bits per heavy atom. The fraction of sp³-hybridized carbons (Fsp3) is 0.600. The summed E-state index contributed by atoms with van der Waals surface area (Å²) in [6, 6.07) is 0. The van der Waals surface area contributed by atoms with Gasteiger partial charge in [0.15, 0.2) is 0 Å². The van der Waals surface area contributed by atoms with Crippen molar-refractivity contribution in [3.05, 3.63) is 12.8 Å². The number of ether oxygens (including phenoxy) is 2. The van der Waals surface area contributed by atoms with Gasteiger partial charge in [0.1, 0.15) is 0 Å². The second kappa shape index (κ2) is 7.84. The number of rotatable bonds is 8. The van der Waals surface area contributed by atoms with Crippen LogP contribution in [0.2, 0.25) is 0 Å². The molecular formula is C10H16O5. The highest BCUT2D eigenvalue weighted by Crippen LogP contribution is 2.06. The van der Waals surface area contributed by atoms with Gasteiger partial charge in [-0.05, 0) is 6.42 Å². The van der Waals surface area contributed by atoms with E-state index in [-0.39, 0.29) is 12.8 Å². The van der Waals surface area contributed by atoms with E-state index < -0.39 is 18.2 Å². The third kappa shape index (κ3) is 7.54. The second-order valence-electron chi connectivity index (χ2n) is 2.90. The van der Waals surface area contributed by atoms with E-state index in [1.54, 1.807) is 0 Å².